The number of halogens is 2. The Morgan fingerprint density at radius 1 is 1.28 bits per heavy atom. The van der Waals surface area contributed by atoms with Crippen molar-refractivity contribution in [3.8, 4) is 0 Å². The molecule has 0 aliphatic heterocycles. The van der Waals surface area contributed by atoms with Crippen LogP contribution in [0.5, 0.6) is 0 Å². The monoisotopic (exact) mass is 395 g/mol. The molecule has 1 N–H and O–H groups in total. The van der Waals surface area contributed by atoms with Gasteiger partial charge in [-0.2, -0.15) is 0 Å². The number of rotatable bonds is 3. The first kappa shape index (κ1) is 14.5. The molecule has 2 unspecified atom stereocenters. The Morgan fingerprint density at radius 2 is 2.00 bits per heavy atom. The van der Waals surface area contributed by atoms with Crippen molar-refractivity contribution in [3.05, 3.63) is 27.1 Å². The molecule has 1 aliphatic rings. The maximum Gasteiger partial charge on any atom is 0.241 e. The largest absolute Gasteiger partial charge is 0.241 e. The van der Waals surface area contributed by atoms with E-state index in [0.717, 1.165) is 23.7 Å². The molecular weight excluding hydrogens is 382 g/mol. The highest BCUT2D eigenvalue weighted by atomic mass is 79.9. The van der Waals surface area contributed by atoms with E-state index in [1.807, 2.05) is 0 Å². The third kappa shape index (κ3) is 3.15. The minimum atomic E-state index is -3.44. The second-order valence-electron chi connectivity index (χ2n) is 4.71. The molecule has 0 saturated heterocycles. The number of nitrogens with one attached hydrogen (secondary N) is 1. The molecular formula is C12H15Br2NO2S. The van der Waals surface area contributed by atoms with E-state index in [1.165, 1.54) is 0 Å². The van der Waals surface area contributed by atoms with Crippen LogP contribution < -0.4 is 4.72 Å². The molecule has 1 saturated carbocycles. The summed E-state index contributed by atoms with van der Waals surface area (Å²) in [5.74, 6) is 0.411. The summed E-state index contributed by atoms with van der Waals surface area (Å²) in [4.78, 5) is 0.296. The van der Waals surface area contributed by atoms with Gasteiger partial charge in [-0.15, -0.1) is 0 Å². The van der Waals surface area contributed by atoms with E-state index in [4.69, 9.17) is 0 Å². The van der Waals surface area contributed by atoms with Crippen LogP contribution in [0.15, 0.2) is 32.0 Å². The summed E-state index contributed by atoms with van der Waals surface area (Å²) in [7, 11) is -3.44. The molecule has 1 aromatic carbocycles. The molecule has 1 fully saturated rings. The van der Waals surface area contributed by atoms with Gasteiger partial charge < -0.3 is 0 Å². The second kappa shape index (κ2) is 5.61. The Kier molecular flexibility index (Phi) is 4.52. The van der Waals surface area contributed by atoms with Crippen molar-refractivity contribution in [3.63, 3.8) is 0 Å². The van der Waals surface area contributed by atoms with Gasteiger partial charge in [-0.25, -0.2) is 13.1 Å². The van der Waals surface area contributed by atoms with Gasteiger partial charge in [0.1, 0.15) is 0 Å². The van der Waals surface area contributed by atoms with Gasteiger partial charge in [-0.3, -0.25) is 0 Å². The first-order valence-electron chi connectivity index (χ1n) is 5.87. The minimum Gasteiger partial charge on any atom is -0.208 e. The SMILES string of the molecule is CC1CCCC1NS(=O)(=O)c1ccc(Br)cc1Br. The molecule has 6 heteroatoms. The lowest BCUT2D eigenvalue weighted by atomic mass is 10.1. The number of hydrogen-bond donors (Lipinski definition) is 1. The summed E-state index contributed by atoms with van der Waals surface area (Å²) in [6.07, 6.45) is 3.11. The predicted molar refractivity (Wildman–Crippen MR) is 79.0 cm³/mol. The summed E-state index contributed by atoms with van der Waals surface area (Å²) < 4.78 is 28.9. The Labute approximate surface area is 125 Å². The zero-order chi connectivity index (χ0) is 13.3. The molecule has 0 spiro atoms. The third-order valence-corrected chi connectivity index (χ3v) is 6.31. The summed E-state index contributed by atoms with van der Waals surface area (Å²) >= 11 is 6.61. The molecule has 1 aliphatic carbocycles. The maximum atomic E-state index is 12.3. The average molecular weight is 397 g/mol. The minimum absolute atomic E-state index is 0.0607. The fourth-order valence-electron chi connectivity index (χ4n) is 2.28. The molecule has 3 nitrogen and oxygen atoms in total. The highest BCUT2D eigenvalue weighted by Crippen LogP contribution is 2.29. The molecule has 2 atom stereocenters. The Balaban J connectivity index is 2.25. The van der Waals surface area contributed by atoms with Crippen LogP contribution in [0.4, 0.5) is 0 Å². The van der Waals surface area contributed by atoms with Crippen molar-refractivity contribution >= 4 is 41.9 Å². The van der Waals surface area contributed by atoms with E-state index in [2.05, 4.69) is 43.5 Å². The summed E-state index contributed by atoms with van der Waals surface area (Å²) in [5, 5.41) is 0. The summed E-state index contributed by atoms with van der Waals surface area (Å²) in [5.41, 5.74) is 0. The van der Waals surface area contributed by atoms with Gasteiger partial charge in [0.2, 0.25) is 10.0 Å². The fourth-order valence-corrected chi connectivity index (χ4v) is 5.40. The second-order valence-corrected chi connectivity index (χ2v) is 8.16. The molecule has 0 amide bonds. The van der Waals surface area contributed by atoms with Crippen molar-refractivity contribution in [1.29, 1.82) is 0 Å². The van der Waals surface area contributed by atoms with Crippen LogP contribution in [0.1, 0.15) is 26.2 Å². The van der Waals surface area contributed by atoms with Gasteiger partial charge in [0, 0.05) is 15.0 Å². The average Bonchev–Trinajstić information content (AvgIpc) is 2.63. The fraction of sp³-hybridized carbons (Fsp3) is 0.500. The molecule has 2 rings (SSSR count). The third-order valence-electron chi connectivity index (χ3n) is 3.35. The Hall–Kier alpha value is 0.0900. The Bertz CT molecular complexity index is 545. The zero-order valence-corrected chi connectivity index (χ0v) is 14.0. The lowest BCUT2D eigenvalue weighted by molar-refractivity contribution is 0.476. The molecule has 0 aromatic heterocycles. The van der Waals surface area contributed by atoms with Crippen LogP contribution in [0, 0.1) is 5.92 Å². The number of sulfonamides is 1. The smallest absolute Gasteiger partial charge is 0.208 e. The normalized spacial score (nSPS) is 24.4. The number of benzene rings is 1. The summed E-state index contributed by atoms with van der Waals surface area (Å²) in [6, 6.07) is 5.14. The lowest BCUT2D eigenvalue weighted by Crippen LogP contribution is -2.36. The van der Waals surface area contributed by atoms with Crippen LogP contribution in [-0.2, 0) is 10.0 Å². The van der Waals surface area contributed by atoms with E-state index in [0.29, 0.717) is 15.3 Å². The molecule has 100 valence electrons. The number of hydrogen-bond acceptors (Lipinski definition) is 2. The van der Waals surface area contributed by atoms with Gasteiger partial charge in [-0.05, 0) is 52.9 Å². The predicted octanol–water partition coefficient (Wildman–Crippen LogP) is 3.68. The van der Waals surface area contributed by atoms with E-state index >= 15 is 0 Å². The van der Waals surface area contributed by atoms with Gasteiger partial charge in [0.05, 0.1) is 4.90 Å². The van der Waals surface area contributed by atoms with Crippen LogP contribution in [0.3, 0.4) is 0 Å². The van der Waals surface area contributed by atoms with Crippen molar-refractivity contribution in [2.45, 2.75) is 37.1 Å². The van der Waals surface area contributed by atoms with Gasteiger partial charge in [0.25, 0.3) is 0 Å². The molecule has 1 aromatic rings. The Morgan fingerprint density at radius 3 is 2.56 bits per heavy atom. The van der Waals surface area contributed by atoms with Crippen molar-refractivity contribution in [2.24, 2.45) is 5.92 Å². The summed E-state index contributed by atoms with van der Waals surface area (Å²) in [6.45, 7) is 2.09. The van der Waals surface area contributed by atoms with Crippen LogP contribution in [-0.4, -0.2) is 14.5 Å². The zero-order valence-electron chi connectivity index (χ0n) is 9.99. The van der Waals surface area contributed by atoms with Crippen LogP contribution in [0.25, 0.3) is 0 Å². The van der Waals surface area contributed by atoms with Gasteiger partial charge >= 0.3 is 0 Å². The molecule has 18 heavy (non-hydrogen) atoms. The topological polar surface area (TPSA) is 46.2 Å². The van der Waals surface area contributed by atoms with Crippen LogP contribution >= 0.6 is 31.9 Å². The van der Waals surface area contributed by atoms with E-state index < -0.39 is 10.0 Å². The van der Waals surface area contributed by atoms with Crippen molar-refractivity contribution in [2.75, 3.05) is 0 Å². The first-order valence-corrected chi connectivity index (χ1v) is 8.94. The highest BCUT2D eigenvalue weighted by Gasteiger charge is 2.29. The van der Waals surface area contributed by atoms with Crippen molar-refractivity contribution in [1.82, 2.24) is 4.72 Å². The highest BCUT2D eigenvalue weighted by molar-refractivity contribution is 9.11. The molecule has 0 radical (unpaired) electrons. The van der Waals surface area contributed by atoms with E-state index in [9.17, 15) is 8.42 Å². The van der Waals surface area contributed by atoms with Gasteiger partial charge in [-0.1, -0.05) is 29.3 Å². The van der Waals surface area contributed by atoms with E-state index in [-0.39, 0.29) is 6.04 Å². The molecule has 0 bridgehead atoms. The standard InChI is InChI=1S/C12H15Br2NO2S/c1-8-3-2-4-11(8)15-18(16,17)12-6-5-9(13)7-10(12)14/h5-8,11,15H,2-4H2,1H3. The quantitative estimate of drug-likeness (QED) is 0.846. The van der Waals surface area contributed by atoms with Crippen molar-refractivity contribution < 1.29 is 8.42 Å². The molecule has 0 heterocycles. The lowest BCUT2D eigenvalue weighted by Gasteiger charge is -2.18. The first-order chi connectivity index (χ1) is 8.40. The van der Waals surface area contributed by atoms with Gasteiger partial charge in [0.15, 0.2) is 0 Å². The van der Waals surface area contributed by atoms with Crippen LogP contribution in [0.2, 0.25) is 0 Å². The van der Waals surface area contributed by atoms with E-state index in [1.54, 1.807) is 18.2 Å². The maximum absolute atomic E-state index is 12.3.